The van der Waals surface area contributed by atoms with Crippen LogP contribution in [0.15, 0.2) is 61.1 Å². The Morgan fingerprint density at radius 1 is 1.00 bits per heavy atom. The number of para-hydroxylation sites is 1. The van der Waals surface area contributed by atoms with Gasteiger partial charge in [0.25, 0.3) is 0 Å². The minimum atomic E-state index is -0.189. The van der Waals surface area contributed by atoms with Crippen molar-refractivity contribution in [2.45, 2.75) is 13.8 Å². The second-order valence-electron chi connectivity index (χ2n) is 8.86. The van der Waals surface area contributed by atoms with E-state index < -0.39 is 0 Å². The molecule has 8 nitrogen and oxygen atoms in total. The number of aromatic amines is 2. The Bertz CT molecular complexity index is 1970. The quantitative estimate of drug-likeness (QED) is 0.298. The first-order valence-electron chi connectivity index (χ1n) is 11.3. The number of nitrogens with one attached hydrogen (secondary N) is 2. The number of thiophene rings is 1. The largest absolute Gasteiger partial charge is 0.298 e. The van der Waals surface area contributed by atoms with Gasteiger partial charge in [-0.15, -0.1) is 11.3 Å². The number of carbonyl (C=O) groups is 1. The summed E-state index contributed by atoms with van der Waals surface area (Å²) in [5, 5.41) is 8.20. The van der Waals surface area contributed by atoms with Crippen molar-refractivity contribution in [2.24, 2.45) is 5.92 Å². The molecule has 7 rings (SSSR count). The molecule has 0 fully saturated rings. The lowest BCUT2D eigenvalue weighted by atomic mass is 10.1. The number of benzene rings is 1. The summed E-state index contributed by atoms with van der Waals surface area (Å²) >= 11 is 1.55. The van der Waals surface area contributed by atoms with Crippen LogP contribution in [-0.2, 0) is 0 Å². The highest BCUT2D eigenvalue weighted by Crippen LogP contribution is 2.32. The number of rotatable bonds is 1. The molecular formula is C26H19N7OS. The van der Waals surface area contributed by atoms with Crippen LogP contribution in [0.1, 0.15) is 18.6 Å². The number of aromatic nitrogens is 7. The lowest BCUT2D eigenvalue weighted by Gasteiger charge is -2.10. The zero-order valence-corrected chi connectivity index (χ0v) is 19.7. The molecule has 0 radical (unpaired) electrons. The Hall–Kier alpha value is -4.37. The summed E-state index contributed by atoms with van der Waals surface area (Å²) in [6.07, 6.45) is 5.28. The molecule has 2 aliphatic heterocycles. The molecule has 2 N–H and O–H groups in total. The first-order valence-corrected chi connectivity index (χ1v) is 12.1. The molecule has 1 aromatic carbocycles. The number of hydrogen-bond acceptors (Lipinski definition) is 6. The van der Waals surface area contributed by atoms with Gasteiger partial charge in [0.15, 0.2) is 5.65 Å². The number of pyridine rings is 2. The van der Waals surface area contributed by atoms with Gasteiger partial charge < -0.3 is 0 Å². The van der Waals surface area contributed by atoms with E-state index in [9.17, 15) is 4.79 Å². The third-order valence-corrected chi connectivity index (χ3v) is 7.35. The van der Waals surface area contributed by atoms with Gasteiger partial charge in [-0.05, 0) is 30.3 Å². The van der Waals surface area contributed by atoms with Crippen LogP contribution in [0.3, 0.4) is 0 Å². The number of imidazole rings is 1. The maximum atomic E-state index is 13.4. The van der Waals surface area contributed by atoms with Gasteiger partial charge in [-0.25, -0.2) is 9.97 Å². The molecule has 0 unspecified atom stereocenters. The van der Waals surface area contributed by atoms with Crippen LogP contribution in [0.2, 0.25) is 0 Å². The molecule has 0 atom stereocenters. The average Bonchev–Trinajstić information content (AvgIpc) is 3.61. The monoisotopic (exact) mass is 477 g/mol. The summed E-state index contributed by atoms with van der Waals surface area (Å²) in [6.45, 7) is 3.82. The first-order chi connectivity index (χ1) is 17.1. The molecule has 4 aromatic heterocycles. The maximum absolute atomic E-state index is 13.4. The lowest BCUT2D eigenvalue weighted by molar-refractivity contribution is 0.0865. The van der Waals surface area contributed by atoms with Gasteiger partial charge in [-0.1, -0.05) is 26.0 Å². The Morgan fingerprint density at radius 2 is 1.91 bits per heavy atom. The zero-order chi connectivity index (χ0) is 23.7. The Labute approximate surface area is 202 Å². The number of hydrogen-bond donors (Lipinski definition) is 2. The van der Waals surface area contributed by atoms with Crippen LogP contribution in [0.4, 0.5) is 0 Å². The van der Waals surface area contributed by atoms with Gasteiger partial charge in [0.1, 0.15) is 10.5 Å². The Morgan fingerprint density at radius 3 is 2.80 bits per heavy atom. The van der Waals surface area contributed by atoms with E-state index in [1.807, 2.05) is 56.3 Å². The highest BCUT2D eigenvalue weighted by molar-refractivity contribution is 7.24. The van der Waals surface area contributed by atoms with Crippen LogP contribution in [0.5, 0.6) is 0 Å². The molecule has 170 valence electrons. The van der Waals surface area contributed by atoms with E-state index in [-0.39, 0.29) is 11.8 Å². The second kappa shape index (κ2) is 7.31. The van der Waals surface area contributed by atoms with Crippen molar-refractivity contribution in [2.75, 3.05) is 0 Å². The predicted octanol–water partition coefficient (Wildman–Crippen LogP) is 6.08. The standard InChI is InChI=1S/C26H19N7OS/c1-13(2)26(34)33-15-8-14(10-27-11-15)19-9-17-20(12-28-19)31-32-24(17)25-29-18-5-3-4-16(23(18)30-25)21-6-7-22(33)35-21/h3-13,31-32H,1-2H3. The fourth-order valence-electron chi connectivity index (χ4n) is 4.49. The van der Waals surface area contributed by atoms with Crippen molar-refractivity contribution < 1.29 is 4.79 Å². The van der Waals surface area contributed by atoms with Crippen molar-refractivity contribution in [1.29, 1.82) is 0 Å². The minimum Gasteiger partial charge on any atom is -0.298 e. The molecule has 0 aliphatic carbocycles. The van der Waals surface area contributed by atoms with E-state index in [2.05, 4.69) is 20.2 Å². The fourth-order valence-corrected chi connectivity index (χ4v) is 5.55. The summed E-state index contributed by atoms with van der Waals surface area (Å²) in [7, 11) is 0. The van der Waals surface area contributed by atoms with Crippen molar-refractivity contribution in [3.8, 4) is 11.3 Å². The SMILES string of the molecule is CC(C)C(=O)n1c2cncc(c2)c2cc3c(cn2)[nH][nH]c-3c2nc3cccc(c4ccc1s4)c3n2. The van der Waals surface area contributed by atoms with E-state index in [4.69, 9.17) is 9.97 Å². The Kier molecular flexibility index (Phi) is 4.19. The average molecular weight is 478 g/mol. The van der Waals surface area contributed by atoms with Crippen LogP contribution < -0.4 is 0 Å². The fraction of sp³-hybridized carbons (Fsp3) is 0.115. The number of carbonyl (C=O) groups excluding carboxylic acids is 1. The highest BCUT2D eigenvalue weighted by atomic mass is 32.1. The van der Waals surface area contributed by atoms with E-state index >= 15 is 0 Å². The molecule has 2 aliphatic rings. The van der Waals surface area contributed by atoms with Gasteiger partial charge >= 0.3 is 0 Å². The van der Waals surface area contributed by atoms with E-state index in [0.29, 0.717) is 11.2 Å². The summed E-state index contributed by atoms with van der Waals surface area (Å²) < 4.78 is 2.77. The van der Waals surface area contributed by atoms with Gasteiger partial charge in [-0.3, -0.25) is 29.5 Å². The van der Waals surface area contributed by atoms with Gasteiger partial charge in [0.2, 0.25) is 5.91 Å². The first kappa shape index (κ1) is 20.0. The summed E-state index contributed by atoms with van der Waals surface area (Å²) in [5.41, 5.74) is 6.30. The molecule has 35 heavy (non-hydrogen) atoms. The van der Waals surface area contributed by atoms with Gasteiger partial charge in [0.05, 0.1) is 40.0 Å². The van der Waals surface area contributed by atoms with Crippen LogP contribution in [0.25, 0.3) is 64.8 Å². The third-order valence-electron chi connectivity index (χ3n) is 6.25. The van der Waals surface area contributed by atoms with Crippen molar-refractivity contribution in [3.05, 3.63) is 61.1 Å². The third kappa shape index (κ3) is 3.01. The van der Waals surface area contributed by atoms with Crippen molar-refractivity contribution in [1.82, 2.24) is 34.7 Å². The molecular weight excluding hydrogens is 458 g/mol. The zero-order valence-electron chi connectivity index (χ0n) is 18.9. The smallest absolute Gasteiger partial charge is 0.234 e. The number of fused-ring (bicyclic) bond motifs is 9. The molecule has 6 heterocycles. The summed E-state index contributed by atoms with van der Waals surface area (Å²) in [5.74, 6) is -0.188. The van der Waals surface area contributed by atoms with Crippen molar-refractivity contribution >= 4 is 70.8 Å². The van der Waals surface area contributed by atoms with Crippen molar-refractivity contribution in [3.63, 3.8) is 0 Å². The minimum absolute atomic E-state index is 0.00111. The molecule has 0 saturated carbocycles. The molecule has 8 bridgehead atoms. The maximum Gasteiger partial charge on any atom is 0.234 e. The molecule has 0 spiro atoms. The van der Waals surface area contributed by atoms with Crippen LogP contribution in [0, 0.1) is 5.92 Å². The highest BCUT2D eigenvalue weighted by Gasteiger charge is 2.16. The summed E-state index contributed by atoms with van der Waals surface area (Å²) in [6, 6.07) is 14.0. The molecule has 0 saturated heterocycles. The normalized spacial score (nSPS) is 12.1. The van der Waals surface area contributed by atoms with Gasteiger partial charge in [0, 0.05) is 33.2 Å². The van der Waals surface area contributed by atoms with Gasteiger partial charge in [-0.2, -0.15) is 0 Å². The van der Waals surface area contributed by atoms with Crippen LogP contribution >= 0.6 is 11.3 Å². The number of H-pyrrole nitrogens is 2. The summed E-state index contributed by atoms with van der Waals surface area (Å²) in [4.78, 5) is 33.1. The van der Waals surface area contributed by atoms with E-state index in [1.54, 1.807) is 34.5 Å². The molecule has 9 heteroatoms. The topological polar surface area (TPSA) is 105 Å². The molecule has 0 amide bonds. The number of nitrogens with zero attached hydrogens (tertiary/aromatic N) is 5. The second-order valence-corrected chi connectivity index (χ2v) is 9.92. The Balaban J connectivity index is 1.75. The lowest BCUT2D eigenvalue weighted by Crippen LogP contribution is -2.17. The molecule has 5 aromatic rings. The van der Waals surface area contributed by atoms with E-state index in [0.717, 1.165) is 53.6 Å². The van der Waals surface area contributed by atoms with E-state index in [1.165, 1.54) is 0 Å². The predicted molar refractivity (Wildman–Crippen MR) is 139 cm³/mol. The van der Waals surface area contributed by atoms with Crippen LogP contribution in [-0.4, -0.2) is 40.6 Å².